The van der Waals surface area contributed by atoms with Crippen molar-refractivity contribution in [3.8, 4) is 0 Å². The zero-order valence-electron chi connectivity index (χ0n) is 14.2. The third kappa shape index (κ3) is 6.07. The molecule has 2 aromatic rings. The summed E-state index contributed by atoms with van der Waals surface area (Å²) in [6, 6.07) is 12.1. The van der Waals surface area contributed by atoms with Crippen LogP contribution in [0.25, 0.3) is 0 Å². The van der Waals surface area contributed by atoms with Gasteiger partial charge in [0, 0.05) is 11.4 Å². The normalized spacial score (nSPS) is 11.2. The van der Waals surface area contributed by atoms with Gasteiger partial charge in [0.1, 0.15) is 0 Å². The number of anilines is 2. The van der Waals surface area contributed by atoms with Crippen LogP contribution in [0.5, 0.6) is 0 Å². The first-order valence-electron chi connectivity index (χ1n) is 7.96. The Labute approximate surface area is 153 Å². The van der Waals surface area contributed by atoms with E-state index in [0.29, 0.717) is 11.4 Å². The molecule has 0 saturated heterocycles. The van der Waals surface area contributed by atoms with Gasteiger partial charge in [-0.05, 0) is 48.7 Å². The summed E-state index contributed by atoms with van der Waals surface area (Å²) in [5.41, 5.74) is 2.49. The molecule has 0 saturated carbocycles. The zero-order valence-corrected chi connectivity index (χ0v) is 15.7. The van der Waals surface area contributed by atoms with Gasteiger partial charge in [-0.2, -0.15) is 0 Å². The van der Waals surface area contributed by atoms with Crippen molar-refractivity contribution in [2.24, 2.45) is 0 Å². The predicted octanol–water partition coefficient (Wildman–Crippen LogP) is 4.31. The Hall–Kier alpha value is -2.05. The molecule has 2 rings (SSSR count). The van der Waals surface area contributed by atoms with Gasteiger partial charge in [-0.15, -0.1) is 0 Å². The largest absolute Gasteiger partial charge is 0.322 e. The fraction of sp³-hybridized carbons (Fsp3) is 0.278. The first kappa shape index (κ1) is 19.3. The van der Waals surface area contributed by atoms with E-state index >= 15 is 0 Å². The highest BCUT2D eigenvalue weighted by atomic mass is 35.5. The van der Waals surface area contributed by atoms with E-state index < -0.39 is 10.0 Å². The highest BCUT2D eigenvalue weighted by Crippen LogP contribution is 2.23. The summed E-state index contributed by atoms with van der Waals surface area (Å²) >= 11 is 6.11. The van der Waals surface area contributed by atoms with Gasteiger partial charge in [0.15, 0.2) is 0 Å². The molecule has 0 aliphatic rings. The van der Waals surface area contributed by atoms with Crippen molar-refractivity contribution in [2.75, 3.05) is 16.3 Å². The molecule has 7 heteroatoms. The molecule has 2 aromatic carbocycles. The SMILES string of the molecule is CCCCc1ccc(NC(=O)c2ccc(NS(C)(=O)=O)cc2Cl)cc1. The third-order valence-corrected chi connectivity index (χ3v) is 4.47. The summed E-state index contributed by atoms with van der Waals surface area (Å²) in [5, 5.41) is 2.96. The second-order valence-corrected chi connectivity index (χ2v) is 7.98. The molecule has 25 heavy (non-hydrogen) atoms. The second kappa shape index (κ2) is 8.36. The maximum Gasteiger partial charge on any atom is 0.257 e. The molecule has 0 atom stereocenters. The number of carbonyl (C=O) groups excluding carboxylic acids is 1. The summed E-state index contributed by atoms with van der Waals surface area (Å²) in [5.74, 6) is -0.350. The van der Waals surface area contributed by atoms with Gasteiger partial charge >= 0.3 is 0 Å². The fourth-order valence-electron chi connectivity index (χ4n) is 2.31. The lowest BCUT2D eigenvalue weighted by molar-refractivity contribution is 0.102. The number of amides is 1. The van der Waals surface area contributed by atoms with Gasteiger partial charge < -0.3 is 5.32 Å². The topological polar surface area (TPSA) is 75.3 Å². The fourth-order valence-corrected chi connectivity index (χ4v) is 3.13. The van der Waals surface area contributed by atoms with Crippen LogP contribution in [0.2, 0.25) is 5.02 Å². The minimum Gasteiger partial charge on any atom is -0.322 e. The molecule has 0 radical (unpaired) electrons. The van der Waals surface area contributed by atoms with Crippen LogP contribution in [0.15, 0.2) is 42.5 Å². The van der Waals surface area contributed by atoms with Crippen molar-refractivity contribution in [1.82, 2.24) is 0 Å². The van der Waals surface area contributed by atoms with Crippen LogP contribution < -0.4 is 10.0 Å². The molecule has 5 nitrogen and oxygen atoms in total. The Balaban J connectivity index is 2.07. The Morgan fingerprint density at radius 1 is 1.08 bits per heavy atom. The molecular weight excluding hydrogens is 360 g/mol. The molecule has 134 valence electrons. The number of hydrogen-bond acceptors (Lipinski definition) is 3. The summed E-state index contributed by atoms with van der Waals surface area (Å²) in [6.45, 7) is 2.15. The van der Waals surface area contributed by atoms with Crippen LogP contribution in [0, 0.1) is 0 Å². The number of benzene rings is 2. The minimum atomic E-state index is -3.40. The number of rotatable bonds is 7. The monoisotopic (exact) mass is 380 g/mol. The Morgan fingerprint density at radius 2 is 1.72 bits per heavy atom. The smallest absolute Gasteiger partial charge is 0.257 e. The molecule has 0 spiro atoms. The summed E-state index contributed by atoms with van der Waals surface area (Å²) < 4.78 is 24.8. The summed E-state index contributed by atoms with van der Waals surface area (Å²) in [6.07, 6.45) is 4.34. The first-order chi connectivity index (χ1) is 11.8. The van der Waals surface area contributed by atoms with Gasteiger partial charge in [0.2, 0.25) is 10.0 Å². The van der Waals surface area contributed by atoms with Gasteiger partial charge in [-0.25, -0.2) is 8.42 Å². The van der Waals surface area contributed by atoms with Gasteiger partial charge in [0.25, 0.3) is 5.91 Å². The van der Waals surface area contributed by atoms with Crippen LogP contribution in [0.4, 0.5) is 11.4 Å². The van der Waals surface area contributed by atoms with Crippen LogP contribution in [0.1, 0.15) is 35.7 Å². The van der Waals surface area contributed by atoms with Crippen LogP contribution >= 0.6 is 11.6 Å². The van der Waals surface area contributed by atoms with E-state index in [0.717, 1.165) is 25.5 Å². The standard InChI is InChI=1S/C18H21ClN2O3S/c1-3-4-5-13-6-8-14(9-7-13)20-18(22)16-11-10-15(12-17(16)19)21-25(2,23)24/h6-12,21H,3-5H2,1-2H3,(H,20,22). The third-order valence-electron chi connectivity index (χ3n) is 3.55. The van der Waals surface area contributed by atoms with Crippen molar-refractivity contribution in [2.45, 2.75) is 26.2 Å². The van der Waals surface area contributed by atoms with E-state index in [9.17, 15) is 13.2 Å². The Morgan fingerprint density at radius 3 is 2.28 bits per heavy atom. The maximum atomic E-state index is 12.4. The summed E-state index contributed by atoms with van der Waals surface area (Å²) in [4.78, 5) is 12.4. The number of unbranched alkanes of at least 4 members (excludes halogenated alkanes) is 1. The number of hydrogen-bond donors (Lipinski definition) is 2. The lowest BCUT2D eigenvalue weighted by atomic mass is 10.1. The number of nitrogens with one attached hydrogen (secondary N) is 2. The Kier molecular flexibility index (Phi) is 6.45. The van der Waals surface area contributed by atoms with Gasteiger partial charge in [-0.3, -0.25) is 9.52 Å². The molecule has 0 aliphatic heterocycles. The number of halogens is 1. The van der Waals surface area contributed by atoms with Crippen molar-refractivity contribution in [1.29, 1.82) is 0 Å². The molecule has 0 fully saturated rings. The van der Waals surface area contributed by atoms with Crippen molar-refractivity contribution >= 4 is 38.9 Å². The first-order valence-corrected chi connectivity index (χ1v) is 10.2. The van der Waals surface area contributed by atoms with E-state index in [1.165, 1.54) is 23.8 Å². The van der Waals surface area contributed by atoms with E-state index in [2.05, 4.69) is 17.0 Å². The van der Waals surface area contributed by atoms with E-state index in [1.807, 2.05) is 24.3 Å². The number of sulfonamides is 1. The van der Waals surface area contributed by atoms with Crippen LogP contribution in [-0.2, 0) is 16.4 Å². The highest BCUT2D eigenvalue weighted by Gasteiger charge is 2.12. The van der Waals surface area contributed by atoms with Crippen LogP contribution in [0.3, 0.4) is 0 Å². The second-order valence-electron chi connectivity index (χ2n) is 5.82. The lowest BCUT2D eigenvalue weighted by Crippen LogP contribution is -2.13. The molecule has 0 unspecified atom stereocenters. The van der Waals surface area contributed by atoms with Gasteiger partial charge in [-0.1, -0.05) is 37.1 Å². The van der Waals surface area contributed by atoms with Crippen molar-refractivity contribution < 1.29 is 13.2 Å². The van der Waals surface area contributed by atoms with E-state index in [1.54, 1.807) is 0 Å². The molecule has 2 N–H and O–H groups in total. The molecule has 0 aliphatic carbocycles. The van der Waals surface area contributed by atoms with E-state index in [-0.39, 0.29) is 16.5 Å². The number of carbonyl (C=O) groups is 1. The molecular formula is C18H21ClN2O3S. The van der Waals surface area contributed by atoms with Crippen LogP contribution in [-0.4, -0.2) is 20.6 Å². The minimum absolute atomic E-state index is 0.172. The average molecular weight is 381 g/mol. The molecule has 0 heterocycles. The summed E-state index contributed by atoms with van der Waals surface area (Å²) in [7, 11) is -3.40. The lowest BCUT2D eigenvalue weighted by Gasteiger charge is -2.10. The predicted molar refractivity (Wildman–Crippen MR) is 103 cm³/mol. The van der Waals surface area contributed by atoms with Gasteiger partial charge in [0.05, 0.1) is 16.8 Å². The quantitative estimate of drug-likeness (QED) is 0.751. The van der Waals surface area contributed by atoms with Crippen molar-refractivity contribution in [3.05, 3.63) is 58.6 Å². The molecule has 1 amide bonds. The zero-order chi connectivity index (χ0) is 18.4. The number of aryl methyl sites for hydroxylation is 1. The van der Waals surface area contributed by atoms with E-state index in [4.69, 9.17) is 11.6 Å². The van der Waals surface area contributed by atoms with Crippen molar-refractivity contribution in [3.63, 3.8) is 0 Å². The highest BCUT2D eigenvalue weighted by molar-refractivity contribution is 7.92. The molecule has 0 bridgehead atoms. The average Bonchev–Trinajstić information content (AvgIpc) is 2.52. The maximum absolute atomic E-state index is 12.4. The Bertz CT molecular complexity index is 849. The molecule has 0 aromatic heterocycles.